The number of rotatable bonds is 5. The van der Waals surface area contributed by atoms with Crippen LogP contribution in [0.4, 0.5) is 0 Å². The summed E-state index contributed by atoms with van der Waals surface area (Å²) >= 11 is 9.00. The number of halogens is 1. The fourth-order valence-corrected chi connectivity index (χ4v) is 4.76. The van der Waals surface area contributed by atoms with Crippen LogP contribution in [0.25, 0.3) is 0 Å². The Bertz CT molecular complexity index is 633. The van der Waals surface area contributed by atoms with E-state index in [1.54, 1.807) is 23.5 Å². The van der Waals surface area contributed by atoms with Gasteiger partial charge >= 0.3 is 0 Å². The minimum Gasteiger partial charge on any atom is -0.349 e. The van der Waals surface area contributed by atoms with Crippen molar-refractivity contribution in [2.45, 2.75) is 25.8 Å². The average molecular weight is 369 g/mol. The number of likely N-dealkylation sites (tertiary alicyclic amines) is 1. The first-order valence-corrected chi connectivity index (χ1v) is 10.0. The fourth-order valence-electron chi connectivity index (χ4n) is 2.94. The van der Waals surface area contributed by atoms with Crippen molar-refractivity contribution in [2.24, 2.45) is 5.92 Å². The largest absolute Gasteiger partial charge is 0.349 e. The van der Waals surface area contributed by atoms with Gasteiger partial charge in [0.25, 0.3) is 5.91 Å². The summed E-state index contributed by atoms with van der Waals surface area (Å²) in [4.78, 5) is 16.8. The van der Waals surface area contributed by atoms with Crippen molar-refractivity contribution in [2.75, 3.05) is 19.6 Å². The van der Waals surface area contributed by atoms with E-state index in [-0.39, 0.29) is 11.9 Å². The molecule has 124 valence electrons. The van der Waals surface area contributed by atoms with E-state index in [2.05, 4.69) is 34.7 Å². The van der Waals surface area contributed by atoms with Gasteiger partial charge in [-0.25, -0.2) is 0 Å². The topological polar surface area (TPSA) is 32.3 Å². The third kappa shape index (κ3) is 4.35. The van der Waals surface area contributed by atoms with Gasteiger partial charge < -0.3 is 5.32 Å². The van der Waals surface area contributed by atoms with Crippen LogP contribution >= 0.6 is 34.3 Å². The molecule has 1 aliphatic heterocycles. The highest BCUT2D eigenvalue weighted by Crippen LogP contribution is 2.29. The molecular formula is C17H21ClN2OS2. The first-order chi connectivity index (χ1) is 11.1. The van der Waals surface area contributed by atoms with Gasteiger partial charge in [0.15, 0.2) is 0 Å². The SMILES string of the molecule is CC1CCN([C@H](CNC(=O)c2ccc(Cl)s2)c2cccs2)CC1. The van der Waals surface area contributed by atoms with Gasteiger partial charge in [-0.2, -0.15) is 0 Å². The molecular weight excluding hydrogens is 348 g/mol. The summed E-state index contributed by atoms with van der Waals surface area (Å²) in [6.45, 7) is 5.16. The molecule has 0 aliphatic carbocycles. The van der Waals surface area contributed by atoms with Crippen LogP contribution in [0.15, 0.2) is 29.6 Å². The molecule has 0 radical (unpaired) electrons. The summed E-state index contributed by atoms with van der Waals surface area (Å²) in [7, 11) is 0. The molecule has 0 unspecified atom stereocenters. The second kappa shape index (κ2) is 7.79. The molecule has 1 atom stereocenters. The lowest BCUT2D eigenvalue weighted by atomic mass is 9.97. The lowest BCUT2D eigenvalue weighted by Gasteiger charge is -2.36. The first kappa shape index (κ1) is 17.0. The highest BCUT2D eigenvalue weighted by molar-refractivity contribution is 7.18. The van der Waals surface area contributed by atoms with Crippen LogP contribution in [0.3, 0.4) is 0 Å². The molecule has 23 heavy (non-hydrogen) atoms. The van der Waals surface area contributed by atoms with E-state index >= 15 is 0 Å². The Morgan fingerprint density at radius 1 is 1.39 bits per heavy atom. The summed E-state index contributed by atoms with van der Waals surface area (Å²) in [5, 5.41) is 5.19. The van der Waals surface area contributed by atoms with Crippen molar-refractivity contribution >= 4 is 40.2 Å². The number of carbonyl (C=O) groups excluding carboxylic acids is 1. The van der Waals surface area contributed by atoms with Gasteiger partial charge in [-0.05, 0) is 55.4 Å². The molecule has 0 saturated carbocycles. The molecule has 1 saturated heterocycles. The van der Waals surface area contributed by atoms with E-state index in [1.807, 2.05) is 0 Å². The van der Waals surface area contributed by atoms with Crippen LogP contribution in [0.5, 0.6) is 0 Å². The Labute approximate surface area is 150 Å². The molecule has 3 rings (SSSR count). The number of amides is 1. The average Bonchev–Trinajstić information content (AvgIpc) is 3.21. The van der Waals surface area contributed by atoms with Gasteiger partial charge in [-0.1, -0.05) is 24.6 Å². The second-order valence-electron chi connectivity index (χ2n) is 6.06. The number of carbonyl (C=O) groups is 1. The van der Waals surface area contributed by atoms with E-state index in [9.17, 15) is 4.79 Å². The van der Waals surface area contributed by atoms with Gasteiger partial charge in [0.05, 0.1) is 15.3 Å². The molecule has 1 fully saturated rings. The summed E-state index contributed by atoms with van der Waals surface area (Å²) in [6.07, 6.45) is 2.46. The zero-order valence-electron chi connectivity index (χ0n) is 13.1. The molecule has 0 bridgehead atoms. The van der Waals surface area contributed by atoms with Crippen molar-refractivity contribution < 1.29 is 4.79 Å². The summed E-state index contributed by atoms with van der Waals surface area (Å²) in [5.74, 6) is 0.770. The first-order valence-electron chi connectivity index (χ1n) is 7.94. The number of hydrogen-bond donors (Lipinski definition) is 1. The number of nitrogens with one attached hydrogen (secondary N) is 1. The van der Waals surface area contributed by atoms with Crippen LogP contribution in [0.1, 0.15) is 40.4 Å². The molecule has 1 amide bonds. The molecule has 1 aliphatic rings. The monoisotopic (exact) mass is 368 g/mol. The van der Waals surface area contributed by atoms with Crippen LogP contribution in [0.2, 0.25) is 4.34 Å². The minimum absolute atomic E-state index is 0.0335. The Morgan fingerprint density at radius 3 is 2.78 bits per heavy atom. The van der Waals surface area contributed by atoms with Gasteiger partial charge in [0.1, 0.15) is 0 Å². The fraction of sp³-hybridized carbons (Fsp3) is 0.471. The van der Waals surface area contributed by atoms with Gasteiger partial charge in [0, 0.05) is 11.4 Å². The molecule has 3 heterocycles. The molecule has 3 nitrogen and oxygen atoms in total. The Morgan fingerprint density at radius 2 is 2.17 bits per heavy atom. The summed E-state index contributed by atoms with van der Waals surface area (Å²) in [6, 6.07) is 8.07. The molecule has 6 heteroatoms. The maximum Gasteiger partial charge on any atom is 0.261 e. The quantitative estimate of drug-likeness (QED) is 0.831. The van der Waals surface area contributed by atoms with Crippen molar-refractivity contribution in [3.05, 3.63) is 43.7 Å². The van der Waals surface area contributed by atoms with E-state index < -0.39 is 0 Å². The Kier molecular flexibility index (Phi) is 5.75. The van der Waals surface area contributed by atoms with E-state index in [0.29, 0.717) is 15.8 Å². The third-order valence-corrected chi connectivity index (χ3v) is 6.59. The number of thiophene rings is 2. The number of piperidine rings is 1. The molecule has 0 spiro atoms. The molecule has 2 aromatic heterocycles. The van der Waals surface area contributed by atoms with Crippen molar-refractivity contribution in [1.82, 2.24) is 10.2 Å². The Balaban J connectivity index is 1.66. The van der Waals surface area contributed by atoms with Gasteiger partial charge in [-0.15, -0.1) is 22.7 Å². The molecule has 1 N–H and O–H groups in total. The lowest BCUT2D eigenvalue weighted by Crippen LogP contribution is -2.41. The predicted octanol–water partition coefficient (Wildman–Crippen LogP) is 4.67. The molecule has 0 aromatic carbocycles. The normalized spacial score (nSPS) is 18.0. The minimum atomic E-state index is -0.0335. The second-order valence-corrected chi connectivity index (χ2v) is 8.76. The van der Waals surface area contributed by atoms with E-state index in [1.165, 1.54) is 29.1 Å². The van der Waals surface area contributed by atoms with Gasteiger partial charge in [0.2, 0.25) is 0 Å². The van der Waals surface area contributed by atoms with Crippen molar-refractivity contribution in [1.29, 1.82) is 0 Å². The zero-order valence-corrected chi connectivity index (χ0v) is 15.5. The van der Waals surface area contributed by atoms with Crippen LogP contribution in [-0.4, -0.2) is 30.4 Å². The summed E-state index contributed by atoms with van der Waals surface area (Å²) in [5.41, 5.74) is 0. The van der Waals surface area contributed by atoms with E-state index in [0.717, 1.165) is 19.0 Å². The smallest absolute Gasteiger partial charge is 0.261 e. The van der Waals surface area contributed by atoms with Crippen molar-refractivity contribution in [3.63, 3.8) is 0 Å². The zero-order chi connectivity index (χ0) is 16.2. The Hall–Kier alpha value is -0.880. The maximum absolute atomic E-state index is 12.3. The number of hydrogen-bond acceptors (Lipinski definition) is 4. The summed E-state index contributed by atoms with van der Waals surface area (Å²) < 4.78 is 0.648. The van der Waals surface area contributed by atoms with Crippen LogP contribution < -0.4 is 5.32 Å². The third-order valence-electron chi connectivity index (χ3n) is 4.38. The molecule has 2 aromatic rings. The standard InChI is InChI=1S/C17H21ClN2OS2/c1-12-6-8-20(9-7-12)13(14-3-2-10-22-14)11-19-17(21)15-4-5-16(18)23-15/h2-5,10,12-13H,6-9,11H2,1H3,(H,19,21)/t13-/m1/s1. The lowest BCUT2D eigenvalue weighted by molar-refractivity contribution is 0.0919. The van der Waals surface area contributed by atoms with Crippen LogP contribution in [-0.2, 0) is 0 Å². The maximum atomic E-state index is 12.3. The predicted molar refractivity (Wildman–Crippen MR) is 98.7 cm³/mol. The van der Waals surface area contributed by atoms with Gasteiger partial charge in [-0.3, -0.25) is 9.69 Å². The van der Waals surface area contributed by atoms with Crippen molar-refractivity contribution in [3.8, 4) is 0 Å². The van der Waals surface area contributed by atoms with Crippen LogP contribution in [0, 0.1) is 5.92 Å². The highest BCUT2D eigenvalue weighted by Gasteiger charge is 2.26. The number of nitrogens with zero attached hydrogens (tertiary/aromatic N) is 1. The highest BCUT2D eigenvalue weighted by atomic mass is 35.5. The van der Waals surface area contributed by atoms with E-state index in [4.69, 9.17) is 11.6 Å².